The third kappa shape index (κ3) is 4.31. The minimum Gasteiger partial charge on any atom is -0.392 e. The van der Waals surface area contributed by atoms with Crippen molar-refractivity contribution < 1.29 is 17.9 Å². The van der Waals surface area contributed by atoms with E-state index in [2.05, 4.69) is 20.8 Å². The highest BCUT2D eigenvalue weighted by atomic mass is 32.2. The first kappa shape index (κ1) is 22.5. The molecule has 0 amide bonds. The van der Waals surface area contributed by atoms with Crippen LogP contribution in [0.25, 0.3) is 0 Å². The molecule has 5 heteroatoms. The monoisotopic (exact) mass is 416 g/mol. The van der Waals surface area contributed by atoms with E-state index in [1.54, 1.807) is 0 Å². The van der Waals surface area contributed by atoms with Crippen molar-refractivity contribution in [1.29, 1.82) is 0 Å². The smallest absolute Gasteiger partial charge is 0.154 e. The second-order valence-corrected chi connectivity index (χ2v) is 12.5. The Kier molecular flexibility index (Phi) is 7.17. The van der Waals surface area contributed by atoms with E-state index in [-0.39, 0.29) is 28.8 Å². The fourth-order valence-electron chi connectivity index (χ4n) is 6.79. The number of hydrogen-bond acceptors (Lipinski definition) is 3. The van der Waals surface area contributed by atoms with Crippen LogP contribution in [0.5, 0.6) is 0 Å². The summed E-state index contributed by atoms with van der Waals surface area (Å²) in [5, 5.41) is 11.5. The number of halogens is 1. The summed E-state index contributed by atoms with van der Waals surface area (Å²) in [4.78, 5) is 0. The quantitative estimate of drug-likeness (QED) is 0.660. The molecule has 3 unspecified atom stereocenters. The predicted octanol–water partition coefficient (Wildman–Crippen LogP) is 5.31. The van der Waals surface area contributed by atoms with Crippen LogP contribution in [0.4, 0.5) is 4.39 Å². The van der Waals surface area contributed by atoms with E-state index in [0.717, 1.165) is 51.4 Å². The van der Waals surface area contributed by atoms with Crippen molar-refractivity contribution in [1.82, 2.24) is 0 Å². The van der Waals surface area contributed by atoms with Gasteiger partial charge in [-0.1, -0.05) is 33.6 Å². The summed E-state index contributed by atoms with van der Waals surface area (Å²) in [7, 11) is -3.24. The van der Waals surface area contributed by atoms with Gasteiger partial charge >= 0.3 is 0 Å². The summed E-state index contributed by atoms with van der Waals surface area (Å²) in [6.45, 7) is 6.41. The molecule has 28 heavy (non-hydrogen) atoms. The van der Waals surface area contributed by atoms with Crippen molar-refractivity contribution in [3.05, 3.63) is 0 Å². The molecule has 3 fully saturated rings. The largest absolute Gasteiger partial charge is 0.392 e. The molecule has 6 atom stereocenters. The molecule has 2 aliphatic carbocycles. The van der Waals surface area contributed by atoms with Crippen LogP contribution >= 0.6 is 0 Å². The highest BCUT2D eigenvalue weighted by Crippen LogP contribution is 2.53. The SMILES string of the molecule is CCCC[C@]1(CC)CS(=O)(=O)C2CCC(C)CC2[C@H](C2CCC(F)CC2)[C@@H]1O. The zero-order valence-electron chi connectivity index (χ0n) is 18.1. The molecule has 0 aromatic rings. The summed E-state index contributed by atoms with van der Waals surface area (Å²) in [6, 6.07) is 0. The average Bonchev–Trinajstić information content (AvgIpc) is 2.72. The van der Waals surface area contributed by atoms with Gasteiger partial charge in [0.2, 0.25) is 0 Å². The van der Waals surface area contributed by atoms with Gasteiger partial charge in [-0.15, -0.1) is 0 Å². The van der Waals surface area contributed by atoms with Gasteiger partial charge in [-0.2, -0.15) is 0 Å². The molecule has 3 nitrogen and oxygen atoms in total. The van der Waals surface area contributed by atoms with Gasteiger partial charge in [0.1, 0.15) is 6.17 Å². The molecule has 1 aliphatic heterocycles. The fourth-order valence-corrected chi connectivity index (χ4v) is 9.65. The maximum absolute atomic E-state index is 13.8. The normalized spacial score (nSPS) is 46.5. The van der Waals surface area contributed by atoms with E-state index in [1.165, 1.54) is 0 Å². The average molecular weight is 417 g/mol. The van der Waals surface area contributed by atoms with Crippen molar-refractivity contribution in [2.24, 2.45) is 29.1 Å². The Labute approximate surface area is 171 Å². The number of hydrogen-bond donors (Lipinski definition) is 1. The molecule has 0 bridgehead atoms. The maximum atomic E-state index is 13.8. The Balaban J connectivity index is 2.03. The van der Waals surface area contributed by atoms with Crippen LogP contribution in [0, 0.1) is 29.1 Å². The third-order valence-electron chi connectivity index (χ3n) is 8.51. The van der Waals surface area contributed by atoms with Crippen molar-refractivity contribution in [2.75, 3.05) is 5.75 Å². The fraction of sp³-hybridized carbons (Fsp3) is 1.00. The predicted molar refractivity (Wildman–Crippen MR) is 113 cm³/mol. The first-order chi connectivity index (χ1) is 13.2. The van der Waals surface area contributed by atoms with Crippen molar-refractivity contribution in [3.8, 4) is 0 Å². The Hall–Kier alpha value is -0.160. The first-order valence-corrected chi connectivity index (χ1v) is 13.5. The van der Waals surface area contributed by atoms with Gasteiger partial charge in [-0.05, 0) is 81.5 Å². The number of alkyl halides is 1. The molecule has 3 rings (SSSR count). The number of sulfone groups is 1. The van der Waals surface area contributed by atoms with Crippen molar-refractivity contribution >= 4 is 9.84 Å². The number of aliphatic hydroxyl groups excluding tert-OH is 1. The molecule has 0 radical (unpaired) electrons. The molecule has 164 valence electrons. The summed E-state index contributed by atoms with van der Waals surface area (Å²) in [5.74, 6) is 0.964. The van der Waals surface area contributed by atoms with Crippen LogP contribution in [0.3, 0.4) is 0 Å². The van der Waals surface area contributed by atoms with E-state index >= 15 is 0 Å². The second-order valence-electron chi connectivity index (χ2n) is 10.3. The van der Waals surface area contributed by atoms with Gasteiger partial charge in [0, 0.05) is 5.41 Å². The minimum absolute atomic E-state index is 0.00864. The van der Waals surface area contributed by atoms with Gasteiger partial charge in [0.15, 0.2) is 9.84 Å². The zero-order chi connectivity index (χ0) is 20.5. The Morgan fingerprint density at radius 3 is 2.36 bits per heavy atom. The molecule has 3 aliphatic rings. The summed E-state index contributed by atoms with van der Waals surface area (Å²) < 4.78 is 40.9. The lowest BCUT2D eigenvalue weighted by Crippen LogP contribution is -2.48. The minimum atomic E-state index is -3.24. The second kappa shape index (κ2) is 8.91. The van der Waals surface area contributed by atoms with Gasteiger partial charge in [0.25, 0.3) is 0 Å². The Morgan fingerprint density at radius 1 is 1.07 bits per heavy atom. The maximum Gasteiger partial charge on any atom is 0.154 e. The molecule has 1 N–H and O–H groups in total. The highest BCUT2D eigenvalue weighted by Gasteiger charge is 2.56. The summed E-state index contributed by atoms with van der Waals surface area (Å²) >= 11 is 0. The van der Waals surface area contributed by atoms with E-state index < -0.39 is 27.5 Å². The van der Waals surface area contributed by atoms with Crippen LogP contribution in [-0.4, -0.2) is 36.8 Å². The third-order valence-corrected chi connectivity index (χ3v) is 11.0. The molecule has 2 saturated carbocycles. The molecular weight excluding hydrogens is 375 g/mol. The molecule has 0 aromatic heterocycles. The molecular formula is C23H41FO3S. The number of aliphatic hydroxyl groups is 1. The van der Waals surface area contributed by atoms with E-state index in [9.17, 15) is 17.9 Å². The molecule has 0 aromatic carbocycles. The van der Waals surface area contributed by atoms with E-state index in [0.29, 0.717) is 25.2 Å². The van der Waals surface area contributed by atoms with Gasteiger partial charge in [-0.25, -0.2) is 12.8 Å². The van der Waals surface area contributed by atoms with E-state index in [1.807, 2.05) is 0 Å². The number of unbranched alkanes of at least 4 members (excludes halogenated alkanes) is 1. The first-order valence-electron chi connectivity index (χ1n) is 11.8. The summed E-state index contributed by atoms with van der Waals surface area (Å²) in [6.07, 6.45) is 7.49. The van der Waals surface area contributed by atoms with Crippen molar-refractivity contribution in [2.45, 2.75) is 109 Å². The molecule has 1 saturated heterocycles. The standard InChI is InChI=1S/C23H41FO3S/c1-4-6-13-23(5-2)15-28(26,27)20-12-7-16(3)14-19(20)21(22(23)25)17-8-10-18(24)11-9-17/h16-22,25H,4-15H2,1-3H3/t16?,17?,18?,19?,20?,21-,22-,23+/m0/s1. The molecule has 0 spiro atoms. The Bertz CT molecular complexity index is 613. The van der Waals surface area contributed by atoms with E-state index in [4.69, 9.17) is 0 Å². The number of fused-ring (bicyclic) bond motifs is 1. The lowest BCUT2D eigenvalue weighted by atomic mass is 9.60. The van der Waals surface area contributed by atoms with Crippen LogP contribution in [-0.2, 0) is 9.84 Å². The van der Waals surface area contributed by atoms with Gasteiger partial charge in [0.05, 0.1) is 17.1 Å². The van der Waals surface area contributed by atoms with Crippen LogP contribution < -0.4 is 0 Å². The van der Waals surface area contributed by atoms with Crippen molar-refractivity contribution in [3.63, 3.8) is 0 Å². The highest BCUT2D eigenvalue weighted by molar-refractivity contribution is 7.92. The number of rotatable bonds is 5. The van der Waals surface area contributed by atoms with Gasteiger partial charge < -0.3 is 5.11 Å². The topological polar surface area (TPSA) is 54.4 Å². The summed E-state index contributed by atoms with van der Waals surface area (Å²) in [5.41, 5.74) is -0.535. The van der Waals surface area contributed by atoms with Gasteiger partial charge in [-0.3, -0.25) is 0 Å². The molecule has 1 heterocycles. The zero-order valence-corrected chi connectivity index (χ0v) is 18.9. The lowest BCUT2D eigenvalue weighted by molar-refractivity contribution is -0.0693. The van der Waals surface area contributed by atoms with Crippen LogP contribution in [0.1, 0.15) is 91.4 Å². The Morgan fingerprint density at radius 2 is 1.75 bits per heavy atom. The lowest BCUT2D eigenvalue weighted by Gasteiger charge is -2.47. The van der Waals surface area contributed by atoms with Crippen LogP contribution in [0.15, 0.2) is 0 Å². The van der Waals surface area contributed by atoms with Crippen LogP contribution in [0.2, 0.25) is 0 Å².